The van der Waals surface area contributed by atoms with Crippen LogP contribution in [0.15, 0.2) is 18.2 Å². The van der Waals surface area contributed by atoms with Gasteiger partial charge in [0.2, 0.25) is 0 Å². The Kier molecular flexibility index (Phi) is 5.31. The zero-order chi connectivity index (χ0) is 13.0. The third-order valence-electron chi connectivity index (χ3n) is 3.32. The maximum atomic E-state index is 6.05. The van der Waals surface area contributed by atoms with Crippen LogP contribution in [0.3, 0.4) is 0 Å². The number of halogens is 2. The molecule has 2 rings (SSSR count). The molecule has 1 aromatic rings. The summed E-state index contributed by atoms with van der Waals surface area (Å²) in [4.78, 5) is 0. The summed E-state index contributed by atoms with van der Waals surface area (Å²) >= 11 is 12.0. The molecule has 0 saturated carbocycles. The molecule has 1 aromatic carbocycles. The van der Waals surface area contributed by atoms with Gasteiger partial charge < -0.3 is 10.1 Å². The first-order valence-corrected chi connectivity index (χ1v) is 7.25. The van der Waals surface area contributed by atoms with Gasteiger partial charge in [0.1, 0.15) is 0 Å². The SMILES string of the molecule is CCN[C@H](Cc1ccc(Cl)c(Cl)c1)[C@H]1CCCO1. The molecule has 1 aliphatic rings. The Morgan fingerprint density at radius 2 is 2.22 bits per heavy atom. The lowest BCUT2D eigenvalue weighted by atomic mass is 9.99. The molecule has 0 spiro atoms. The lowest BCUT2D eigenvalue weighted by Crippen LogP contribution is -2.41. The van der Waals surface area contributed by atoms with Crippen molar-refractivity contribution >= 4 is 23.2 Å². The summed E-state index contributed by atoms with van der Waals surface area (Å²) in [7, 11) is 0. The Balaban J connectivity index is 2.04. The summed E-state index contributed by atoms with van der Waals surface area (Å²) in [6.45, 7) is 3.95. The van der Waals surface area contributed by atoms with E-state index in [4.69, 9.17) is 27.9 Å². The predicted octanol–water partition coefficient (Wildman–Crippen LogP) is 3.69. The number of benzene rings is 1. The highest BCUT2D eigenvalue weighted by Crippen LogP contribution is 2.25. The summed E-state index contributed by atoms with van der Waals surface area (Å²) in [6.07, 6.45) is 3.54. The fraction of sp³-hybridized carbons (Fsp3) is 0.571. The third kappa shape index (κ3) is 3.61. The Morgan fingerprint density at radius 1 is 1.39 bits per heavy atom. The average Bonchev–Trinajstić information content (AvgIpc) is 2.87. The molecule has 0 radical (unpaired) electrons. The zero-order valence-corrected chi connectivity index (χ0v) is 12.1. The van der Waals surface area contributed by atoms with E-state index in [-0.39, 0.29) is 0 Å². The number of hydrogen-bond donors (Lipinski definition) is 1. The van der Waals surface area contributed by atoms with Gasteiger partial charge in [-0.25, -0.2) is 0 Å². The van der Waals surface area contributed by atoms with E-state index in [0.717, 1.165) is 32.4 Å². The molecule has 18 heavy (non-hydrogen) atoms. The summed E-state index contributed by atoms with van der Waals surface area (Å²) in [5.74, 6) is 0. The quantitative estimate of drug-likeness (QED) is 0.892. The lowest BCUT2D eigenvalue weighted by molar-refractivity contribution is 0.0789. The van der Waals surface area contributed by atoms with E-state index >= 15 is 0 Å². The van der Waals surface area contributed by atoms with Crippen molar-refractivity contribution in [3.63, 3.8) is 0 Å². The predicted molar refractivity (Wildman–Crippen MR) is 76.6 cm³/mol. The van der Waals surface area contributed by atoms with Crippen molar-refractivity contribution in [2.75, 3.05) is 13.2 Å². The van der Waals surface area contributed by atoms with Crippen LogP contribution < -0.4 is 5.32 Å². The van der Waals surface area contributed by atoms with E-state index in [0.29, 0.717) is 22.2 Å². The van der Waals surface area contributed by atoms with Crippen LogP contribution in [0.5, 0.6) is 0 Å². The Labute approximate surface area is 119 Å². The molecule has 0 unspecified atom stereocenters. The molecule has 4 heteroatoms. The molecular formula is C14H19Cl2NO. The van der Waals surface area contributed by atoms with E-state index in [9.17, 15) is 0 Å². The molecule has 2 nitrogen and oxygen atoms in total. The van der Waals surface area contributed by atoms with Gasteiger partial charge in [-0.2, -0.15) is 0 Å². The summed E-state index contributed by atoms with van der Waals surface area (Å²) in [6, 6.07) is 6.20. The molecule has 100 valence electrons. The normalized spacial score (nSPS) is 21.2. The fourth-order valence-electron chi connectivity index (χ4n) is 2.44. The van der Waals surface area contributed by atoms with Crippen molar-refractivity contribution in [3.8, 4) is 0 Å². The standard InChI is InChI=1S/C14H19Cl2NO/c1-2-17-13(14-4-3-7-18-14)9-10-5-6-11(15)12(16)8-10/h5-6,8,13-14,17H,2-4,7,9H2,1H3/t13-,14-/m1/s1. The van der Waals surface area contributed by atoms with Crippen molar-refractivity contribution in [3.05, 3.63) is 33.8 Å². The number of hydrogen-bond acceptors (Lipinski definition) is 2. The highest BCUT2D eigenvalue weighted by Gasteiger charge is 2.25. The molecule has 1 saturated heterocycles. The molecule has 0 bridgehead atoms. The minimum Gasteiger partial charge on any atom is -0.377 e. The van der Waals surface area contributed by atoms with Gasteiger partial charge in [-0.1, -0.05) is 36.2 Å². The zero-order valence-electron chi connectivity index (χ0n) is 10.6. The Hall–Kier alpha value is -0.280. The summed E-state index contributed by atoms with van der Waals surface area (Å²) in [5.41, 5.74) is 1.20. The van der Waals surface area contributed by atoms with E-state index in [2.05, 4.69) is 12.2 Å². The van der Waals surface area contributed by atoms with Gasteiger partial charge in [-0.15, -0.1) is 0 Å². The van der Waals surface area contributed by atoms with E-state index in [1.54, 1.807) is 0 Å². The number of nitrogens with one attached hydrogen (secondary N) is 1. The lowest BCUT2D eigenvalue weighted by Gasteiger charge is -2.24. The first kappa shape index (κ1) is 14.1. The van der Waals surface area contributed by atoms with Gasteiger partial charge in [0, 0.05) is 12.6 Å². The van der Waals surface area contributed by atoms with E-state index in [1.165, 1.54) is 5.56 Å². The van der Waals surface area contributed by atoms with Crippen LogP contribution in [0.2, 0.25) is 10.0 Å². The first-order chi connectivity index (χ1) is 8.70. The van der Waals surface area contributed by atoms with Crippen LogP contribution in [0.4, 0.5) is 0 Å². The third-order valence-corrected chi connectivity index (χ3v) is 4.06. The number of rotatable bonds is 5. The highest BCUT2D eigenvalue weighted by molar-refractivity contribution is 6.42. The smallest absolute Gasteiger partial charge is 0.0732 e. The molecular weight excluding hydrogens is 269 g/mol. The minimum atomic E-state index is 0.319. The van der Waals surface area contributed by atoms with Crippen LogP contribution in [0.25, 0.3) is 0 Å². The summed E-state index contributed by atoms with van der Waals surface area (Å²) in [5, 5.41) is 4.74. The van der Waals surface area contributed by atoms with Gasteiger partial charge in [0.15, 0.2) is 0 Å². The fourth-order valence-corrected chi connectivity index (χ4v) is 2.76. The molecule has 0 aliphatic carbocycles. The molecule has 1 heterocycles. The van der Waals surface area contributed by atoms with Crippen LogP contribution in [0, 0.1) is 0 Å². The molecule has 1 aliphatic heterocycles. The van der Waals surface area contributed by atoms with Crippen LogP contribution >= 0.6 is 23.2 Å². The van der Waals surface area contributed by atoms with Gasteiger partial charge >= 0.3 is 0 Å². The number of likely N-dealkylation sites (N-methyl/N-ethyl adjacent to an activating group) is 1. The summed E-state index contributed by atoms with van der Waals surface area (Å²) < 4.78 is 5.77. The second-order valence-electron chi connectivity index (χ2n) is 4.67. The largest absolute Gasteiger partial charge is 0.377 e. The van der Waals surface area contributed by atoms with Crippen LogP contribution in [-0.2, 0) is 11.2 Å². The van der Waals surface area contributed by atoms with Gasteiger partial charge in [0.25, 0.3) is 0 Å². The molecule has 0 aromatic heterocycles. The van der Waals surface area contributed by atoms with Crippen molar-refractivity contribution in [2.45, 2.75) is 38.3 Å². The maximum Gasteiger partial charge on any atom is 0.0732 e. The second-order valence-corrected chi connectivity index (χ2v) is 5.48. The van der Waals surface area contributed by atoms with E-state index in [1.807, 2.05) is 18.2 Å². The van der Waals surface area contributed by atoms with Gasteiger partial charge in [-0.05, 0) is 43.5 Å². The topological polar surface area (TPSA) is 21.3 Å². The van der Waals surface area contributed by atoms with Crippen molar-refractivity contribution in [1.82, 2.24) is 5.32 Å². The molecule has 2 atom stereocenters. The number of ether oxygens (including phenoxy) is 1. The maximum absolute atomic E-state index is 6.05. The molecule has 1 fully saturated rings. The van der Waals surface area contributed by atoms with Crippen molar-refractivity contribution < 1.29 is 4.74 Å². The Morgan fingerprint density at radius 3 is 2.83 bits per heavy atom. The Bertz CT molecular complexity index is 391. The molecule has 0 amide bonds. The van der Waals surface area contributed by atoms with Crippen molar-refractivity contribution in [2.24, 2.45) is 0 Å². The first-order valence-electron chi connectivity index (χ1n) is 6.49. The minimum absolute atomic E-state index is 0.319. The van der Waals surface area contributed by atoms with Gasteiger partial charge in [0.05, 0.1) is 16.1 Å². The van der Waals surface area contributed by atoms with E-state index < -0.39 is 0 Å². The van der Waals surface area contributed by atoms with Crippen molar-refractivity contribution in [1.29, 1.82) is 0 Å². The second kappa shape index (κ2) is 6.76. The molecule has 1 N–H and O–H groups in total. The van der Waals surface area contributed by atoms with Gasteiger partial charge in [-0.3, -0.25) is 0 Å². The van der Waals surface area contributed by atoms with Crippen LogP contribution in [-0.4, -0.2) is 25.3 Å². The highest BCUT2D eigenvalue weighted by atomic mass is 35.5. The average molecular weight is 288 g/mol. The monoisotopic (exact) mass is 287 g/mol. The van der Waals surface area contributed by atoms with Crippen LogP contribution in [0.1, 0.15) is 25.3 Å².